The van der Waals surface area contributed by atoms with Crippen LogP contribution in [0.3, 0.4) is 0 Å². The molecule has 1 N–H and O–H groups in total. The summed E-state index contributed by atoms with van der Waals surface area (Å²) >= 11 is 0. The number of hydrogen-bond acceptors (Lipinski definition) is 8. The Morgan fingerprint density at radius 2 is 1.74 bits per heavy atom. The van der Waals surface area contributed by atoms with Gasteiger partial charge in [0, 0.05) is 54.7 Å². The molecule has 4 atom stereocenters. The second kappa shape index (κ2) is 13.3. The highest BCUT2D eigenvalue weighted by molar-refractivity contribution is 7.84. The highest BCUT2D eigenvalue weighted by Gasteiger charge is 2.37. The lowest BCUT2D eigenvalue weighted by Crippen LogP contribution is -2.46. The van der Waals surface area contributed by atoms with Gasteiger partial charge in [0.1, 0.15) is 17.2 Å². The SMILES string of the molecule is C[C@@H](O[C@H]1OCCN(Cc2n[nH]nc2CN2CCOCC2)[C@H]1c1ccc(F)cc1)c1cc(S(C)=O)cc(C(F)(F)F)c1. The fourth-order valence-electron chi connectivity index (χ4n) is 5.17. The molecule has 228 valence electrons. The van der Waals surface area contributed by atoms with E-state index in [0.717, 1.165) is 36.6 Å². The summed E-state index contributed by atoms with van der Waals surface area (Å²) in [6.07, 6.45) is -5.03. The van der Waals surface area contributed by atoms with E-state index < -0.39 is 46.8 Å². The van der Waals surface area contributed by atoms with Crippen LogP contribution in [0.2, 0.25) is 0 Å². The number of aromatic nitrogens is 3. The summed E-state index contributed by atoms with van der Waals surface area (Å²) in [7, 11) is -1.63. The number of hydrogen-bond donors (Lipinski definition) is 1. The van der Waals surface area contributed by atoms with E-state index in [1.807, 2.05) is 0 Å². The molecule has 0 amide bonds. The van der Waals surface area contributed by atoms with Crippen molar-refractivity contribution in [1.29, 1.82) is 0 Å². The maximum absolute atomic E-state index is 13.9. The monoisotopic (exact) mass is 611 g/mol. The fraction of sp³-hybridized carbons (Fsp3) is 0.500. The van der Waals surface area contributed by atoms with Gasteiger partial charge in [0.15, 0.2) is 6.29 Å². The molecule has 2 aliphatic rings. The molecule has 2 fully saturated rings. The smallest absolute Gasteiger partial charge is 0.379 e. The maximum atomic E-state index is 13.9. The molecular weight excluding hydrogens is 578 g/mol. The maximum Gasteiger partial charge on any atom is 0.416 e. The number of ether oxygens (including phenoxy) is 3. The third-order valence-corrected chi connectivity index (χ3v) is 8.35. The first-order valence-electron chi connectivity index (χ1n) is 13.6. The zero-order valence-corrected chi connectivity index (χ0v) is 24.1. The average Bonchev–Trinajstić information content (AvgIpc) is 3.39. The Morgan fingerprint density at radius 3 is 2.40 bits per heavy atom. The van der Waals surface area contributed by atoms with Crippen LogP contribution >= 0.6 is 0 Å². The van der Waals surface area contributed by atoms with E-state index in [1.165, 1.54) is 24.5 Å². The van der Waals surface area contributed by atoms with Gasteiger partial charge in [-0.15, -0.1) is 0 Å². The molecule has 3 heterocycles. The third kappa shape index (κ3) is 7.41. The molecule has 1 aromatic heterocycles. The first kappa shape index (κ1) is 30.7. The van der Waals surface area contributed by atoms with E-state index in [4.69, 9.17) is 14.2 Å². The minimum atomic E-state index is -4.62. The summed E-state index contributed by atoms with van der Waals surface area (Å²) in [6.45, 7) is 6.30. The molecule has 0 spiro atoms. The number of nitrogens with zero attached hydrogens (tertiary/aromatic N) is 4. The number of nitrogens with one attached hydrogen (secondary N) is 1. The molecule has 0 aliphatic carbocycles. The summed E-state index contributed by atoms with van der Waals surface area (Å²) in [5.74, 6) is -0.402. The highest BCUT2D eigenvalue weighted by Crippen LogP contribution is 2.37. The van der Waals surface area contributed by atoms with Crippen LogP contribution in [-0.2, 0) is 44.3 Å². The van der Waals surface area contributed by atoms with Crippen molar-refractivity contribution in [2.75, 3.05) is 45.7 Å². The molecule has 0 saturated carbocycles. The Morgan fingerprint density at radius 1 is 1.05 bits per heavy atom. The Hall–Kier alpha value is -2.75. The fourth-order valence-corrected chi connectivity index (χ4v) is 5.76. The quantitative estimate of drug-likeness (QED) is 0.360. The van der Waals surface area contributed by atoms with Crippen molar-refractivity contribution in [3.63, 3.8) is 0 Å². The molecule has 0 bridgehead atoms. The first-order valence-corrected chi connectivity index (χ1v) is 15.1. The lowest BCUT2D eigenvalue weighted by atomic mass is 10.0. The van der Waals surface area contributed by atoms with Crippen LogP contribution in [0, 0.1) is 5.82 Å². The summed E-state index contributed by atoms with van der Waals surface area (Å²) in [5, 5.41) is 11.5. The van der Waals surface area contributed by atoms with Crippen LogP contribution in [0.1, 0.15) is 47.1 Å². The molecule has 1 unspecified atom stereocenters. The molecule has 14 heteroatoms. The number of alkyl halides is 3. The van der Waals surface area contributed by atoms with Gasteiger partial charge in [-0.3, -0.25) is 14.0 Å². The van der Waals surface area contributed by atoms with Crippen molar-refractivity contribution in [3.05, 3.63) is 76.4 Å². The van der Waals surface area contributed by atoms with Gasteiger partial charge in [-0.2, -0.15) is 28.6 Å². The second-order valence-corrected chi connectivity index (χ2v) is 11.7. The van der Waals surface area contributed by atoms with E-state index in [2.05, 4.69) is 25.2 Å². The molecule has 9 nitrogen and oxygen atoms in total. The largest absolute Gasteiger partial charge is 0.416 e. The van der Waals surface area contributed by atoms with Gasteiger partial charge < -0.3 is 14.2 Å². The summed E-state index contributed by atoms with van der Waals surface area (Å²) < 4.78 is 84.7. The standard InChI is InChI=1S/C28H33F4N5O4S/c1-18(20-13-21(28(30,31)32)15-23(14-20)42(2)38)41-27-26(19-3-5-22(29)6-4-19)37(9-12-40-27)17-25-24(33-35-34-25)16-36-7-10-39-11-8-36/h3-6,13-15,18,26-27H,7-12,16-17H2,1-2H3,(H,33,34,35)/t18-,26+,27-,42?/m1/s1. The van der Waals surface area contributed by atoms with Crippen LogP contribution in [0.15, 0.2) is 47.4 Å². The second-order valence-electron chi connectivity index (χ2n) is 10.3. The number of rotatable bonds is 9. The Bertz CT molecular complexity index is 1370. The molecule has 2 aliphatic heterocycles. The van der Waals surface area contributed by atoms with Crippen molar-refractivity contribution in [2.45, 2.75) is 49.5 Å². The van der Waals surface area contributed by atoms with E-state index in [1.54, 1.807) is 19.1 Å². The minimum Gasteiger partial charge on any atom is -0.379 e. The number of morpholine rings is 2. The van der Waals surface area contributed by atoms with Crippen LogP contribution in [0.4, 0.5) is 17.6 Å². The predicted molar refractivity (Wildman–Crippen MR) is 145 cm³/mol. The van der Waals surface area contributed by atoms with Gasteiger partial charge in [-0.1, -0.05) is 12.1 Å². The Labute approximate surface area is 243 Å². The zero-order chi connectivity index (χ0) is 29.9. The van der Waals surface area contributed by atoms with Crippen molar-refractivity contribution >= 4 is 10.8 Å². The van der Waals surface area contributed by atoms with E-state index >= 15 is 0 Å². The molecule has 42 heavy (non-hydrogen) atoms. The van der Waals surface area contributed by atoms with Gasteiger partial charge in [-0.25, -0.2) is 4.39 Å². The molecule has 0 radical (unpaired) electrons. The van der Waals surface area contributed by atoms with Gasteiger partial charge in [-0.05, 0) is 48.4 Å². The van der Waals surface area contributed by atoms with Crippen LogP contribution in [-0.4, -0.2) is 81.4 Å². The van der Waals surface area contributed by atoms with Gasteiger partial charge in [0.2, 0.25) is 0 Å². The topological polar surface area (TPSA) is 92.8 Å². The lowest BCUT2D eigenvalue weighted by Gasteiger charge is -2.42. The Kier molecular flexibility index (Phi) is 9.70. The van der Waals surface area contributed by atoms with Crippen LogP contribution in [0.5, 0.6) is 0 Å². The van der Waals surface area contributed by atoms with Crippen LogP contribution in [0.25, 0.3) is 0 Å². The predicted octanol–water partition coefficient (Wildman–Crippen LogP) is 4.21. The lowest BCUT2D eigenvalue weighted by molar-refractivity contribution is -0.231. The molecule has 2 aromatic carbocycles. The summed E-state index contributed by atoms with van der Waals surface area (Å²) in [6, 6.07) is 8.79. The first-order chi connectivity index (χ1) is 20.1. The Balaban J connectivity index is 1.41. The van der Waals surface area contributed by atoms with Crippen molar-refractivity contribution in [3.8, 4) is 0 Å². The average molecular weight is 612 g/mol. The van der Waals surface area contributed by atoms with E-state index in [0.29, 0.717) is 45.0 Å². The zero-order valence-electron chi connectivity index (χ0n) is 23.3. The number of aromatic amines is 1. The van der Waals surface area contributed by atoms with Crippen LogP contribution < -0.4 is 0 Å². The van der Waals surface area contributed by atoms with E-state index in [-0.39, 0.29) is 10.5 Å². The van der Waals surface area contributed by atoms with Gasteiger partial charge >= 0.3 is 6.18 Å². The minimum absolute atomic E-state index is 0.0513. The van der Waals surface area contributed by atoms with Gasteiger partial charge in [0.25, 0.3) is 0 Å². The van der Waals surface area contributed by atoms with Crippen molar-refractivity contribution in [2.24, 2.45) is 0 Å². The van der Waals surface area contributed by atoms with Crippen molar-refractivity contribution < 1.29 is 36.0 Å². The van der Waals surface area contributed by atoms with Gasteiger partial charge in [0.05, 0.1) is 37.5 Å². The number of halogens is 4. The number of H-pyrrole nitrogens is 1. The summed E-state index contributed by atoms with van der Waals surface area (Å²) in [5.41, 5.74) is 1.58. The van der Waals surface area contributed by atoms with Crippen molar-refractivity contribution in [1.82, 2.24) is 25.2 Å². The van der Waals surface area contributed by atoms with E-state index in [9.17, 15) is 21.8 Å². The normalized spacial score (nSPS) is 22.2. The number of benzene rings is 2. The molecular formula is C28H33F4N5O4S. The third-order valence-electron chi connectivity index (χ3n) is 7.45. The molecule has 5 rings (SSSR count). The summed E-state index contributed by atoms with van der Waals surface area (Å²) in [4.78, 5) is 4.38. The highest BCUT2D eigenvalue weighted by atomic mass is 32.2. The molecule has 2 saturated heterocycles. The molecule has 3 aromatic rings.